The van der Waals surface area contributed by atoms with Crippen molar-refractivity contribution in [3.63, 3.8) is 0 Å². The van der Waals surface area contributed by atoms with Crippen molar-refractivity contribution in [3.05, 3.63) is 30.3 Å². The predicted molar refractivity (Wildman–Crippen MR) is 84.1 cm³/mol. The lowest BCUT2D eigenvalue weighted by Crippen LogP contribution is -2.50. The quantitative estimate of drug-likeness (QED) is 0.799. The minimum absolute atomic E-state index is 0.0561. The summed E-state index contributed by atoms with van der Waals surface area (Å²) in [5, 5.41) is 0. The average molecular weight is 288 g/mol. The average Bonchev–Trinajstić information content (AvgIpc) is 3.02. The molecular formula is C17H24N2O2. The number of amides is 2. The van der Waals surface area contributed by atoms with Crippen LogP contribution < -0.4 is 4.90 Å². The number of hydrogen-bond donors (Lipinski definition) is 0. The first kappa shape index (κ1) is 15.5. The van der Waals surface area contributed by atoms with Crippen LogP contribution in [0.3, 0.4) is 0 Å². The van der Waals surface area contributed by atoms with Crippen LogP contribution in [0, 0.1) is 5.41 Å². The summed E-state index contributed by atoms with van der Waals surface area (Å²) in [7, 11) is 0. The molecule has 0 unspecified atom stereocenters. The zero-order chi connectivity index (χ0) is 15.5. The molecule has 0 saturated carbocycles. The summed E-state index contributed by atoms with van der Waals surface area (Å²) < 4.78 is 0. The highest BCUT2D eigenvalue weighted by molar-refractivity contribution is 6.11. The first-order chi connectivity index (χ1) is 9.98. The maximum absolute atomic E-state index is 12.9. The highest BCUT2D eigenvalue weighted by Gasteiger charge is 2.42. The fraction of sp³-hybridized carbons (Fsp3) is 0.529. The second-order valence-electron chi connectivity index (χ2n) is 6.01. The van der Waals surface area contributed by atoms with E-state index in [9.17, 15) is 9.59 Å². The Morgan fingerprint density at radius 3 is 2.24 bits per heavy atom. The second-order valence-corrected chi connectivity index (χ2v) is 6.01. The maximum Gasteiger partial charge on any atom is 0.242 e. The van der Waals surface area contributed by atoms with E-state index >= 15 is 0 Å². The van der Waals surface area contributed by atoms with Crippen LogP contribution in [0.5, 0.6) is 0 Å². The van der Waals surface area contributed by atoms with Crippen LogP contribution in [0.1, 0.15) is 33.6 Å². The number of likely N-dealkylation sites (tertiary alicyclic amines) is 1. The molecule has 1 aromatic carbocycles. The standard InChI is InChI=1S/C17H24N2O2/c1-4-19(14-10-6-5-7-11-14)16(21)17(2,3)15(20)18-12-8-9-13-18/h5-7,10-11H,4,8-9,12-13H2,1-3H3. The van der Waals surface area contributed by atoms with Gasteiger partial charge < -0.3 is 9.80 Å². The molecule has 2 rings (SSSR count). The third-order valence-electron chi connectivity index (χ3n) is 4.09. The number of hydrogen-bond acceptors (Lipinski definition) is 2. The van der Waals surface area contributed by atoms with Crippen molar-refractivity contribution in [3.8, 4) is 0 Å². The minimum atomic E-state index is -1.02. The van der Waals surface area contributed by atoms with Crippen molar-refractivity contribution in [2.75, 3.05) is 24.5 Å². The Labute approximate surface area is 126 Å². The normalized spacial score (nSPS) is 15.1. The van der Waals surface area contributed by atoms with Crippen LogP contribution in [0.2, 0.25) is 0 Å². The summed E-state index contributed by atoms with van der Waals surface area (Å²) in [4.78, 5) is 29.0. The smallest absolute Gasteiger partial charge is 0.242 e. The fourth-order valence-corrected chi connectivity index (χ4v) is 2.80. The first-order valence-electron chi connectivity index (χ1n) is 7.65. The lowest BCUT2D eigenvalue weighted by molar-refractivity contribution is -0.146. The van der Waals surface area contributed by atoms with E-state index in [1.54, 1.807) is 18.7 Å². The van der Waals surface area contributed by atoms with Crippen molar-refractivity contribution in [2.24, 2.45) is 5.41 Å². The summed E-state index contributed by atoms with van der Waals surface area (Å²) in [5.41, 5.74) is -0.178. The lowest BCUT2D eigenvalue weighted by Gasteiger charge is -2.33. The van der Waals surface area contributed by atoms with Gasteiger partial charge in [0, 0.05) is 25.3 Å². The number of para-hydroxylation sites is 1. The highest BCUT2D eigenvalue weighted by atomic mass is 16.2. The van der Waals surface area contributed by atoms with E-state index in [1.807, 2.05) is 42.2 Å². The Bertz CT molecular complexity index is 505. The summed E-state index contributed by atoms with van der Waals surface area (Å²) in [6.07, 6.45) is 2.07. The summed E-state index contributed by atoms with van der Waals surface area (Å²) in [6.45, 7) is 7.50. The van der Waals surface area contributed by atoms with Gasteiger partial charge in [-0.25, -0.2) is 0 Å². The third kappa shape index (κ3) is 3.09. The molecule has 1 fully saturated rings. The van der Waals surface area contributed by atoms with Gasteiger partial charge in [-0.3, -0.25) is 9.59 Å². The molecule has 1 aliphatic rings. The van der Waals surface area contributed by atoms with Gasteiger partial charge in [-0.05, 0) is 45.7 Å². The molecule has 0 aromatic heterocycles. The molecule has 4 nitrogen and oxygen atoms in total. The van der Waals surface area contributed by atoms with E-state index in [2.05, 4.69) is 0 Å². The molecule has 1 heterocycles. The topological polar surface area (TPSA) is 40.6 Å². The van der Waals surface area contributed by atoms with Crippen molar-refractivity contribution in [2.45, 2.75) is 33.6 Å². The third-order valence-corrected chi connectivity index (χ3v) is 4.09. The Balaban J connectivity index is 2.21. The molecule has 0 N–H and O–H groups in total. The van der Waals surface area contributed by atoms with Gasteiger partial charge in [-0.2, -0.15) is 0 Å². The SMILES string of the molecule is CCN(C(=O)C(C)(C)C(=O)N1CCCC1)c1ccccc1. The molecule has 2 amide bonds. The van der Waals surface area contributed by atoms with E-state index < -0.39 is 5.41 Å². The number of anilines is 1. The van der Waals surface area contributed by atoms with Gasteiger partial charge >= 0.3 is 0 Å². The molecular weight excluding hydrogens is 264 g/mol. The lowest BCUT2D eigenvalue weighted by atomic mass is 9.89. The minimum Gasteiger partial charge on any atom is -0.342 e. The number of carbonyl (C=O) groups is 2. The number of benzene rings is 1. The molecule has 1 saturated heterocycles. The number of carbonyl (C=O) groups excluding carboxylic acids is 2. The first-order valence-corrected chi connectivity index (χ1v) is 7.65. The van der Waals surface area contributed by atoms with Crippen LogP contribution in [0.15, 0.2) is 30.3 Å². The Hall–Kier alpha value is -1.84. The fourth-order valence-electron chi connectivity index (χ4n) is 2.80. The zero-order valence-electron chi connectivity index (χ0n) is 13.1. The van der Waals surface area contributed by atoms with E-state index in [0.29, 0.717) is 6.54 Å². The Kier molecular flexibility index (Phi) is 4.66. The summed E-state index contributed by atoms with van der Waals surface area (Å²) in [6, 6.07) is 9.53. The molecule has 0 spiro atoms. The monoisotopic (exact) mass is 288 g/mol. The Morgan fingerprint density at radius 2 is 1.71 bits per heavy atom. The van der Waals surface area contributed by atoms with Gasteiger partial charge in [0.25, 0.3) is 0 Å². The van der Waals surface area contributed by atoms with E-state index in [-0.39, 0.29) is 11.8 Å². The summed E-state index contributed by atoms with van der Waals surface area (Å²) in [5.74, 6) is -0.188. The van der Waals surface area contributed by atoms with E-state index in [4.69, 9.17) is 0 Å². The van der Waals surface area contributed by atoms with Crippen LogP contribution in [-0.2, 0) is 9.59 Å². The summed E-state index contributed by atoms with van der Waals surface area (Å²) >= 11 is 0. The maximum atomic E-state index is 12.9. The predicted octanol–water partition coefficient (Wildman–Crippen LogP) is 2.69. The molecule has 0 atom stereocenters. The van der Waals surface area contributed by atoms with Gasteiger partial charge in [0.15, 0.2) is 0 Å². The van der Waals surface area contributed by atoms with Crippen molar-refractivity contribution in [1.82, 2.24) is 4.90 Å². The van der Waals surface area contributed by atoms with Gasteiger partial charge in [0.1, 0.15) is 5.41 Å². The largest absolute Gasteiger partial charge is 0.342 e. The molecule has 21 heavy (non-hydrogen) atoms. The van der Waals surface area contributed by atoms with Crippen molar-refractivity contribution < 1.29 is 9.59 Å². The molecule has 0 bridgehead atoms. The van der Waals surface area contributed by atoms with Gasteiger partial charge in [0.05, 0.1) is 0 Å². The van der Waals surface area contributed by atoms with Crippen LogP contribution in [0.4, 0.5) is 5.69 Å². The van der Waals surface area contributed by atoms with E-state index in [1.165, 1.54) is 0 Å². The molecule has 1 aliphatic heterocycles. The molecule has 114 valence electrons. The van der Waals surface area contributed by atoms with E-state index in [0.717, 1.165) is 31.6 Å². The van der Waals surface area contributed by atoms with Gasteiger partial charge in [0.2, 0.25) is 11.8 Å². The van der Waals surface area contributed by atoms with Crippen molar-refractivity contribution in [1.29, 1.82) is 0 Å². The molecule has 1 aromatic rings. The number of rotatable bonds is 4. The highest BCUT2D eigenvalue weighted by Crippen LogP contribution is 2.27. The molecule has 0 radical (unpaired) electrons. The van der Waals surface area contributed by atoms with Crippen LogP contribution >= 0.6 is 0 Å². The molecule has 4 heteroatoms. The van der Waals surface area contributed by atoms with Gasteiger partial charge in [-0.1, -0.05) is 18.2 Å². The van der Waals surface area contributed by atoms with Crippen LogP contribution in [0.25, 0.3) is 0 Å². The second kappa shape index (κ2) is 6.29. The van der Waals surface area contributed by atoms with Crippen molar-refractivity contribution >= 4 is 17.5 Å². The van der Waals surface area contributed by atoms with Gasteiger partial charge in [-0.15, -0.1) is 0 Å². The number of nitrogens with zero attached hydrogens (tertiary/aromatic N) is 2. The molecule has 0 aliphatic carbocycles. The van der Waals surface area contributed by atoms with Crippen LogP contribution in [-0.4, -0.2) is 36.3 Å². The zero-order valence-corrected chi connectivity index (χ0v) is 13.1. The Morgan fingerprint density at radius 1 is 1.14 bits per heavy atom.